The van der Waals surface area contributed by atoms with Gasteiger partial charge in [-0.3, -0.25) is 0 Å². The van der Waals surface area contributed by atoms with Gasteiger partial charge in [-0.15, -0.1) is 5.10 Å². The Morgan fingerprint density at radius 1 is 0.909 bits per heavy atom. The van der Waals surface area contributed by atoms with E-state index in [2.05, 4.69) is 22.4 Å². The highest BCUT2D eigenvalue weighted by molar-refractivity contribution is 5.20. The van der Waals surface area contributed by atoms with Crippen LogP contribution in [0.3, 0.4) is 0 Å². The first-order chi connectivity index (χ1) is 10.9. The molecule has 112 valence electrons. The summed E-state index contributed by atoms with van der Waals surface area (Å²) in [6.07, 6.45) is 3.82. The molecule has 1 heterocycles. The second kappa shape index (κ2) is 7.41. The van der Waals surface area contributed by atoms with Crippen LogP contribution < -0.4 is 4.74 Å². The largest absolute Gasteiger partial charge is 0.494 e. The van der Waals surface area contributed by atoms with Crippen molar-refractivity contribution in [1.82, 2.24) is 15.0 Å². The molecule has 0 N–H and O–H groups in total. The Bertz CT molecular complexity index is 680. The number of nitrogens with zero attached hydrogens (tertiary/aromatic N) is 3. The Labute approximate surface area is 130 Å². The summed E-state index contributed by atoms with van der Waals surface area (Å²) in [4.78, 5) is 0. The number of rotatable bonds is 7. The van der Waals surface area contributed by atoms with Crippen molar-refractivity contribution in [3.05, 3.63) is 78.1 Å². The van der Waals surface area contributed by atoms with Crippen molar-refractivity contribution in [1.29, 1.82) is 0 Å². The molecule has 0 aliphatic heterocycles. The Morgan fingerprint density at radius 2 is 1.64 bits per heavy atom. The van der Waals surface area contributed by atoms with E-state index in [-0.39, 0.29) is 0 Å². The highest BCUT2D eigenvalue weighted by Gasteiger charge is 2.02. The molecule has 0 saturated carbocycles. The molecule has 0 aliphatic rings. The maximum absolute atomic E-state index is 5.68. The summed E-state index contributed by atoms with van der Waals surface area (Å²) in [5.74, 6) is 0.912. The standard InChI is InChI=1S/C18H19N3O/c1-3-8-16(9-4-1)14-21-15-17(19-20-21)10-7-13-22-18-11-5-2-6-12-18/h1-6,8-9,11-12,15H,7,10,13-14H2. The number of ether oxygens (including phenoxy) is 1. The molecule has 0 fully saturated rings. The number of para-hydroxylation sites is 1. The van der Waals surface area contributed by atoms with Gasteiger partial charge in [0.05, 0.1) is 18.8 Å². The van der Waals surface area contributed by atoms with Gasteiger partial charge in [0.15, 0.2) is 0 Å². The van der Waals surface area contributed by atoms with Crippen LogP contribution in [-0.4, -0.2) is 21.6 Å². The number of hydrogen-bond acceptors (Lipinski definition) is 3. The molecule has 0 atom stereocenters. The zero-order valence-corrected chi connectivity index (χ0v) is 12.4. The van der Waals surface area contributed by atoms with Gasteiger partial charge in [0.1, 0.15) is 5.75 Å². The lowest BCUT2D eigenvalue weighted by Gasteiger charge is -2.04. The van der Waals surface area contributed by atoms with E-state index in [4.69, 9.17) is 4.74 Å². The topological polar surface area (TPSA) is 39.9 Å². The van der Waals surface area contributed by atoms with Crippen LogP contribution >= 0.6 is 0 Å². The third kappa shape index (κ3) is 4.19. The van der Waals surface area contributed by atoms with Crippen LogP contribution in [0, 0.1) is 0 Å². The monoisotopic (exact) mass is 293 g/mol. The van der Waals surface area contributed by atoms with E-state index >= 15 is 0 Å². The van der Waals surface area contributed by atoms with Crippen LogP contribution in [0.5, 0.6) is 5.75 Å². The molecule has 4 heteroatoms. The average Bonchev–Trinajstić information content (AvgIpc) is 3.01. The molecule has 22 heavy (non-hydrogen) atoms. The molecule has 0 spiro atoms. The number of aromatic nitrogens is 3. The number of aryl methyl sites for hydroxylation is 1. The maximum atomic E-state index is 5.68. The summed E-state index contributed by atoms with van der Waals surface area (Å²) in [5, 5.41) is 8.39. The third-order valence-electron chi connectivity index (χ3n) is 3.36. The fourth-order valence-corrected chi connectivity index (χ4v) is 2.26. The molecule has 2 aromatic carbocycles. The zero-order valence-electron chi connectivity index (χ0n) is 12.4. The summed E-state index contributed by atoms with van der Waals surface area (Å²) in [6.45, 7) is 1.45. The zero-order chi connectivity index (χ0) is 15.0. The molecule has 4 nitrogen and oxygen atoms in total. The fraction of sp³-hybridized carbons (Fsp3) is 0.222. The van der Waals surface area contributed by atoms with E-state index in [1.165, 1.54) is 5.56 Å². The van der Waals surface area contributed by atoms with Gasteiger partial charge in [0.25, 0.3) is 0 Å². The van der Waals surface area contributed by atoms with E-state index in [0.717, 1.165) is 30.8 Å². The van der Waals surface area contributed by atoms with E-state index < -0.39 is 0 Å². The minimum atomic E-state index is 0.690. The van der Waals surface area contributed by atoms with Gasteiger partial charge in [-0.1, -0.05) is 53.7 Å². The van der Waals surface area contributed by atoms with Gasteiger partial charge < -0.3 is 4.74 Å². The molecule has 0 aliphatic carbocycles. The SMILES string of the molecule is c1ccc(Cn2cc(CCCOc3ccccc3)nn2)cc1. The first-order valence-electron chi connectivity index (χ1n) is 7.51. The maximum Gasteiger partial charge on any atom is 0.119 e. The summed E-state index contributed by atoms with van der Waals surface area (Å²) in [5.41, 5.74) is 2.24. The Kier molecular flexibility index (Phi) is 4.82. The number of hydrogen-bond donors (Lipinski definition) is 0. The van der Waals surface area contributed by atoms with Crippen LogP contribution in [0.1, 0.15) is 17.7 Å². The summed E-state index contributed by atoms with van der Waals surface area (Å²) in [6, 6.07) is 20.1. The molecule has 3 aromatic rings. The second-order valence-electron chi connectivity index (χ2n) is 5.16. The normalized spacial score (nSPS) is 10.5. The van der Waals surface area contributed by atoms with Crippen molar-refractivity contribution in [3.63, 3.8) is 0 Å². The summed E-state index contributed by atoms with van der Waals surface area (Å²) in [7, 11) is 0. The minimum Gasteiger partial charge on any atom is -0.494 e. The average molecular weight is 293 g/mol. The van der Waals surface area contributed by atoms with Crippen molar-refractivity contribution >= 4 is 0 Å². The van der Waals surface area contributed by atoms with E-state index in [0.29, 0.717) is 6.61 Å². The molecule has 1 aromatic heterocycles. The number of benzene rings is 2. The lowest BCUT2D eigenvalue weighted by Crippen LogP contribution is -2.00. The smallest absolute Gasteiger partial charge is 0.119 e. The molecule has 3 rings (SSSR count). The molecule has 0 saturated heterocycles. The van der Waals surface area contributed by atoms with Crippen molar-refractivity contribution in [2.75, 3.05) is 6.61 Å². The van der Waals surface area contributed by atoms with Crippen molar-refractivity contribution in [2.45, 2.75) is 19.4 Å². The van der Waals surface area contributed by atoms with Gasteiger partial charge in [-0.2, -0.15) is 0 Å². The molecule has 0 bridgehead atoms. The highest BCUT2D eigenvalue weighted by Crippen LogP contribution is 2.09. The third-order valence-corrected chi connectivity index (χ3v) is 3.36. The molecular weight excluding hydrogens is 274 g/mol. The lowest BCUT2D eigenvalue weighted by molar-refractivity contribution is 0.310. The second-order valence-corrected chi connectivity index (χ2v) is 5.16. The van der Waals surface area contributed by atoms with Crippen molar-refractivity contribution in [3.8, 4) is 5.75 Å². The van der Waals surface area contributed by atoms with Crippen molar-refractivity contribution < 1.29 is 4.74 Å². The van der Waals surface area contributed by atoms with Crippen LogP contribution in [0.25, 0.3) is 0 Å². The quantitative estimate of drug-likeness (QED) is 0.627. The summed E-state index contributed by atoms with van der Waals surface area (Å²) >= 11 is 0. The predicted molar refractivity (Wildman–Crippen MR) is 85.8 cm³/mol. The van der Waals surface area contributed by atoms with Crippen LogP contribution in [-0.2, 0) is 13.0 Å². The first kappa shape index (κ1) is 14.3. The van der Waals surface area contributed by atoms with Gasteiger partial charge in [-0.25, -0.2) is 4.68 Å². The molecule has 0 radical (unpaired) electrons. The Hall–Kier alpha value is -2.62. The van der Waals surface area contributed by atoms with Gasteiger partial charge in [-0.05, 0) is 30.5 Å². The highest BCUT2D eigenvalue weighted by atomic mass is 16.5. The Morgan fingerprint density at radius 3 is 2.41 bits per heavy atom. The molecule has 0 amide bonds. The predicted octanol–water partition coefficient (Wildman–Crippen LogP) is 3.34. The van der Waals surface area contributed by atoms with Gasteiger partial charge in [0.2, 0.25) is 0 Å². The first-order valence-corrected chi connectivity index (χ1v) is 7.51. The summed E-state index contributed by atoms with van der Waals surface area (Å²) < 4.78 is 7.55. The van der Waals surface area contributed by atoms with Crippen LogP contribution in [0.2, 0.25) is 0 Å². The fourth-order valence-electron chi connectivity index (χ4n) is 2.26. The van der Waals surface area contributed by atoms with E-state index in [9.17, 15) is 0 Å². The van der Waals surface area contributed by atoms with E-state index in [1.807, 2.05) is 59.4 Å². The van der Waals surface area contributed by atoms with E-state index in [1.54, 1.807) is 0 Å². The van der Waals surface area contributed by atoms with Crippen molar-refractivity contribution in [2.24, 2.45) is 0 Å². The molecule has 0 unspecified atom stereocenters. The Balaban J connectivity index is 1.44. The van der Waals surface area contributed by atoms with Crippen LogP contribution in [0.15, 0.2) is 66.9 Å². The van der Waals surface area contributed by atoms with Crippen LogP contribution in [0.4, 0.5) is 0 Å². The van der Waals surface area contributed by atoms with Gasteiger partial charge in [0, 0.05) is 6.20 Å². The minimum absolute atomic E-state index is 0.690. The lowest BCUT2D eigenvalue weighted by atomic mass is 10.2. The van der Waals surface area contributed by atoms with Gasteiger partial charge >= 0.3 is 0 Å². The molecular formula is C18H19N3O.